The van der Waals surface area contributed by atoms with E-state index in [4.69, 9.17) is 25.8 Å². The van der Waals surface area contributed by atoms with Gasteiger partial charge in [0.25, 0.3) is 0 Å². The Kier molecular flexibility index (Phi) is 6.58. The van der Waals surface area contributed by atoms with Gasteiger partial charge >= 0.3 is 0 Å². The lowest BCUT2D eigenvalue weighted by Gasteiger charge is -2.35. The van der Waals surface area contributed by atoms with Gasteiger partial charge in [-0.1, -0.05) is 60.1 Å². The van der Waals surface area contributed by atoms with Crippen LogP contribution in [0.25, 0.3) is 0 Å². The molecule has 0 saturated heterocycles. The van der Waals surface area contributed by atoms with Crippen molar-refractivity contribution in [2.75, 3.05) is 20.3 Å². The first kappa shape index (κ1) is 22.1. The summed E-state index contributed by atoms with van der Waals surface area (Å²) in [6.07, 6.45) is 0.928. The highest BCUT2D eigenvalue weighted by Gasteiger charge is 2.56. The molecular weight excluding hydrogens is 428 g/mol. The van der Waals surface area contributed by atoms with Crippen LogP contribution >= 0.6 is 11.6 Å². The molecule has 164 valence electrons. The molecule has 0 aromatic heterocycles. The largest absolute Gasteiger partial charge is 0.490 e. The molecule has 32 heavy (non-hydrogen) atoms. The summed E-state index contributed by atoms with van der Waals surface area (Å²) < 4.78 is 17.4. The third-order valence-corrected chi connectivity index (χ3v) is 5.92. The highest BCUT2D eigenvalue weighted by atomic mass is 35.5. The number of aldehydes is 1. The quantitative estimate of drug-likeness (QED) is 0.331. The monoisotopic (exact) mass is 450 g/mol. The summed E-state index contributed by atoms with van der Waals surface area (Å²) >= 11 is 6.13. The topological polar surface area (TPSA) is 61.8 Å². The standard InChI is InChI=1S/C26H23ClO5/c1-30-16-17-31-22-8-5-9-23-24(22)25(29)26(32-23,19-10-12-20(27)13-11-19)21(14-15-28)18-6-3-2-4-7-18/h2-13,15,21H,14,16-17H2,1H3/t21-,26-/m0/s1. The second-order valence-corrected chi connectivity index (χ2v) is 7.95. The van der Waals surface area contributed by atoms with Crippen molar-refractivity contribution < 1.29 is 23.8 Å². The molecular formula is C26H23ClO5. The fourth-order valence-corrected chi connectivity index (χ4v) is 4.34. The fourth-order valence-electron chi connectivity index (χ4n) is 4.22. The van der Waals surface area contributed by atoms with Crippen molar-refractivity contribution in [3.63, 3.8) is 0 Å². The van der Waals surface area contributed by atoms with Crippen LogP contribution in [0.3, 0.4) is 0 Å². The van der Waals surface area contributed by atoms with Gasteiger partial charge in [-0.25, -0.2) is 0 Å². The fraction of sp³-hybridized carbons (Fsp3) is 0.231. The van der Waals surface area contributed by atoms with E-state index in [9.17, 15) is 9.59 Å². The lowest BCUT2D eigenvalue weighted by molar-refractivity contribution is -0.109. The minimum atomic E-state index is -1.43. The normalized spacial score (nSPS) is 18.0. The Labute approximate surface area is 191 Å². The Morgan fingerprint density at radius 2 is 1.75 bits per heavy atom. The van der Waals surface area contributed by atoms with E-state index in [-0.39, 0.29) is 12.2 Å². The highest BCUT2D eigenvalue weighted by molar-refractivity contribution is 6.30. The minimum absolute atomic E-state index is 0.103. The van der Waals surface area contributed by atoms with Gasteiger partial charge in [-0.2, -0.15) is 0 Å². The maximum absolute atomic E-state index is 14.2. The summed E-state index contributed by atoms with van der Waals surface area (Å²) in [5, 5.41) is 0.544. The zero-order chi connectivity index (χ0) is 22.6. The maximum Gasteiger partial charge on any atom is 0.219 e. The van der Waals surface area contributed by atoms with E-state index >= 15 is 0 Å². The molecule has 1 aliphatic rings. The number of hydrogen-bond donors (Lipinski definition) is 0. The molecule has 0 saturated carbocycles. The van der Waals surface area contributed by atoms with Crippen LogP contribution in [-0.4, -0.2) is 32.4 Å². The maximum atomic E-state index is 14.2. The first-order valence-electron chi connectivity index (χ1n) is 10.3. The Hall–Kier alpha value is -3.15. The lowest BCUT2D eigenvalue weighted by Crippen LogP contribution is -2.43. The van der Waals surface area contributed by atoms with E-state index in [1.807, 2.05) is 30.3 Å². The predicted octanol–water partition coefficient (Wildman–Crippen LogP) is 5.21. The second-order valence-electron chi connectivity index (χ2n) is 7.51. The van der Waals surface area contributed by atoms with Crippen LogP contribution in [-0.2, 0) is 15.1 Å². The van der Waals surface area contributed by atoms with Crippen molar-refractivity contribution in [2.45, 2.75) is 17.9 Å². The molecule has 0 N–H and O–H groups in total. The van der Waals surface area contributed by atoms with Crippen LogP contribution in [0.15, 0.2) is 72.8 Å². The zero-order valence-electron chi connectivity index (χ0n) is 17.6. The first-order chi connectivity index (χ1) is 15.6. The number of carbonyl (C=O) groups excluding carboxylic acids is 2. The van der Waals surface area contributed by atoms with Crippen molar-refractivity contribution in [1.82, 2.24) is 0 Å². The molecule has 0 spiro atoms. The van der Waals surface area contributed by atoms with Gasteiger partial charge in [0, 0.05) is 30.0 Å². The van der Waals surface area contributed by atoms with E-state index in [1.54, 1.807) is 49.6 Å². The van der Waals surface area contributed by atoms with Gasteiger partial charge < -0.3 is 19.0 Å². The number of fused-ring (bicyclic) bond motifs is 1. The number of carbonyl (C=O) groups is 2. The lowest BCUT2D eigenvalue weighted by atomic mass is 9.72. The van der Waals surface area contributed by atoms with Gasteiger partial charge in [-0.15, -0.1) is 0 Å². The van der Waals surface area contributed by atoms with E-state index in [2.05, 4.69) is 0 Å². The van der Waals surface area contributed by atoms with Gasteiger partial charge in [-0.05, 0) is 29.8 Å². The number of hydrogen-bond acceptors (Lipinski definition) is 5. The molecule has 3 aromatic rings. The number of ketones is 1. The molecule has 5 nitrogen and oxygen atoms in total. The molecule has 1 heterocycles. The average molecular weight is 451 g/mol. The van der Waals surface area contributed by atoms with Gasteiger partial charge in [0.2, 0.25) is 11.4 Å². The van der Waals surface area contributed by atoms with Crippen molar-refractivity contribution >= 4 is 23.7 Å². The van der Waals surface area contributed by atoms with Crippen LogP contribution in [0.1, 0.15) is 33.8 Å². The third kappa shape index (κ3) is 3.90. The molecule has 0 radical (unpaired) electrons. The zero-order valence-corrected chi connectivity index (χ0v) is 18.4. The van der Waals surface area contributed by atoms with E-state index in [0.29, 0.717) is 40.9 Å². The summed E-state index contributed by atoms with van der Waals surface area (Å²) in [6.45, 7) is 0.684. The molecule has 0 fully saturated rings. The average Bonchev–Trinajstić information content (AvgIpc) is 3.12. The predicted molar refractivity (Wildman–Crippen MR) is 122 cm³/mol. The number of ether oxygens (including phenoxy) is 3. The number of methoxy groups -OCH3 is 1. The summed E-state index contributed by atoms with van der Waals surface area (Å²) in [5.41, 5.74) is 0.389. The van der Waals surface area contributed by atoms with Crippen LogP contribution in [0, 0.1) is 0 Å². The Morgan fingerprint density at radius 3 is 2.44 bits per heavy atom. The van der Waals surface area contributed by atoms with Gasteiger partial charge in [0.15, 0.2) is 0 Å². The number of benzene rings is 3. The van der Waals surface area contributed by atoms with Gasteiger partial charge in [-0.3, -0.25) is 4.79 Å². The number of halogens is 1. The summed E-state index contributed by atoms with van der Waals surface area (Å²) in [4.78, 5) is 25.9. The van der Waals surface area contributed by atoms with E-state index in [1.165, 1.54) is 0 Å². The third-order valence-electron chi connectivity index (χ3n) is 5.67. The van der Waals surface area contributed by atoms with Gasteiger partial charge in [0.05, 0.1) is 6.61 Å². The van der Waals surface area contributed by atoms with Crippen molar-refractivity contribution in [1.29, 1.82) is 0 Å². The molecule has 1 aliphatic heterocycles. The van der Waals surface area contributed by atoms with Crippen LogP contribution < -0.4 is 9.47 Å². The molecule has 6 heteroatoms. The number of Topliss-reactive ketones (excluding diaryl/α,β-unsaturated/α-hetero) is 1. The minimum Gasteiger partial charge on any atom is -0.490 e. The van der Waals surface area contributed by atoms with E-state index in [0.717, 1.165) is 11.8 Å². The highest BCUT2D eigenvalue weighted by Crippen LogP contribution is 2.52. The molecule has 0 bridgehead atoms. The first-order valence-corrected chi connectivity index (χ1v) is 10.7. The van der Waals surface area contributed by atoms with Crippen molar-refractivity contribution in [3.05, 3.63) is 94.5 Å². The van der Waals surface area contributed by atoms with Crippen LogP contribution in [0.2, 0.25) is 5.02 Å². The Morgan fingerprint density at radius 1 is 1.00 bits per heavy atom. The Bertz CT molecular complexity index is 1100. The SMILES string of the molecule is COCCOc1cccc2c1C(=O)[C@](c1ccc(Cl)cc1)([C@@H](CC=O)c1ccccc1)O2. The molecule has 0 unspecified atom stereocenters. The van der Waals surface area contributed by atoms with Crippen LogP contribution in [0.5, 0.6) is 11.5 Å². The summed E-state index contributed by atoms with van der Waals surface area (Å²) in [5.74, 6) is 0.0534. The molecule has 0 aliphatic carbocycles. The summed E-state index contributed by atoms with van der Waals surface area (Å²) in [7, 11) is 1.59. The summed E-state index contributed by atoms with van der Waals surface area (Å²) in [6, 6.07) is 21.7. The van der Waals surface area contributed by atoms with Crippen molar-refractivity contribution in [2.24, 2.45) is 0 Å². The number of rotatable bonds is 9. The molecule has 0 amide bonds. The smallest absolute Gasteiger partial charge is 0.219 e. The second kappa shape index (κ2) is 9.55. The molecule has 4 rings (SSSR count). The Balaban J connectivity index is 1.89. The van der Waals surface area contributed by atoms with Gasteiger partial charge in [0.1, 0.15) is 30.0 Å². The van der Waals surface area contributed by atoms with Crippen LogP contribution in [0.4, 0.5) is 0 Å². The van der Waals surface area contributed by atoms with Crippen molar-refractivity contribution in [3.8, 4) is 11.5 Å². The van der Waals surface area contributed by atoms with E-state index < -0.39 is 11.5 Å². The molecule has 2 atom stereocenters. The molecule has 3 aromatic carbocycles.